The van der Waals surface area contributed by atoms with Gasteiger partial charge in [0, 0.05) is 0 Å². The zero-order valence-electron chi connectivity index (χ0n) is 16.2. The van der Waals surface area contributed by atoms with E-state index >= 15 is 0 Å². The highest BCUT2D eigenvalue weighted by atomic mass is 16.5. The number of ether oxygens (including phenoxy) is 1. The van der Waals surface area contributed by atoms with Crippen molar-refractivity contribution in [2.24, 2.45) is 5.92 Å². The molecule has 0 spiro atoms. The van der Waals surface area contributed by atoms with E-state index in [-0.39, 0.29) is 5.97 Å². The minimum atomic E-state index is -0.326. The van der Waals surface area contributed by atoms with E-state index in [2.05, 4.69) is 45.0 Å². The van der Waals surface area contributed by atoms with Crippen molar-refractivity contribution in [3.8, 4) is 16.9 Å². The summed E-state index contributed by atoms with van der Waals surface area (Å²) >= 11 is 0. The van der Waals surface area contributed by atoms with Crippen molar-refractivity contribution in [3.63, 3.8) is 0 Å². The van der Waals surface area contributed by atoms with Crippen molar-refractivity contribution >= 4 is 5.97 Å². The fourth-order valence-electron chi connectivity index (χ4n) is 2.95. The minimum Gasteiger partial charge on any atom is -0.423 e. The second-order valence-corrected chi connectivity index (χ2v) is 7.19. The lowest BCUT2D eigenvalue weighted by atomic mass is 9.98. The van der Waals surface area contributed by atoms with Crippen LogP contribution in [0.2, 0.25) is 0 Å². The number of rotatable bonds is 6. The lowest BCUT2D eigenvalue weighted by molar-refractivity contribution is 0.0735. The maximum Gasteiger partial charge on any atom is 0.343 e. The fraction of sp³-hybridized carbons (Fsp3) is 0.240. The van der Waals surface area contributed by atoms with E-state index in [9.17, 15) is 4.79 Å². The molecule has 0 radical (unpaired) electrons. The number of carbonyl (C=O) groups is 1. The molecule has 2 nitrogen and oxygen atoms in total. The Balaban J connectivity index is 1.64. The molecule has 3 aromatic carbocycles. The molecule has 0 saturated heterocycles. The Labute approximate surface area is 161 Å². The molecule has 0 fully saturated rings. The Morgan fingerprint density at radius 1 is 0.852 bits per heavy atom. The van der Waals surface area contributed by atoms with Crippen LogP contribution >= 0.6 is 0 Å². The summed E-state index contributed by atoms with van der Waals surface area (Å²) in [7, 11) is 0. The van der Waals surface area contributed by atoms with Gasteiger partial charge in [-0.05, 0) is 60.2 Å². The molecular weight excluding hydrogens is 332 g/mol. The van der Waals surface area contributed by atoms with E-state index in [4.69, 9.17) is 4.74 Å². The number of hydrogen-bond acceptors (Lipinski definition) is 2. The second kappa shape index (κ2) is 8.68. The number of hydrogen-bond donors (Lipinski definition) is 0. The smallest absolute Gasteiger partial charge is 0.343 e. The van der Waals surface area contributed by atoms with Crippen molar-refractivity contribution in [2.45, 2.75) is 33.6 Å². The fourth-order valence-corrected chi connectivity index (χ4v) is 2.95. The predicted octanol–water partition coefficient (Wildman–Crippen LogP) is 6.47. The number of aryl methyl sites for hydroxylation is 1. The zero-order valence-corrected chi connectivity index (χ0v) is 16.2. The topological polar surface area (TPSA) is 26.3 Å². The number of esters is 1. The van der Waals surface area contributed by atoms with E-state index in [1.54, 1.807) is 0 Å². The molecule has 0 aliphatic rings. The summed E-state index contributed by atoms with van der Waals surface area (Å²) in [5.74, 6) is 0.877. The molecule has 0 aliphatic heterocycles. The van der Waals surface area contributed by atoms with Gasteiger partial charge in [0.2, 0.25) is 0 Å². The number of carbonyl (C=O) groups excluding carboxylic acids is 1. The third-order valence-electron chi connectivity index (χ3n) is 4.92. The SMILES string of the molecule is CC[C@@H](C)Cc1ccc(C(=O)Oc2ccc(-c3ccc(C)cc3)cc2)cc1. The van der Waals surface area contributed by atoms with Crippen molar-refractivity contribution in [3.05, 3.63) is 89.5 Å². The maximum absolute atomic E-state index is 12.4. The summed E-state index contributed by atoms with van der Waals surface area (Å²) in [6.45, 7) is 6.51. The largest absolute Gasteiger partial charge is 0.423 e. The molecule has 0 aliphatic carbocycles. The van der Waals surface area contributed by atoms with Crippen LogP contribution in [-0.2, 0) is 6.42 Å². The maximum atomic E-state index is 12.4. The van der Waals surface area contributed by atoms with Crippen LogP contribution in [0, 0.1) is 12.8 Å². The Hall–Kier alpha value is -2.87. The van der Waals surface area contributed by atoms with Gasteiger partial charge in [-0.1, -0.05) is 74.4 Å². The first-order valence-electron chi connectivity index (χ1n) is 9.53. The van der Waals surface area contributed by atoms with Gasteiger partial charge in [0.1, 0.15) is 5.75 Å². The van der Waals surface area contributed by atoms with Crippen LogP contribution in [0.1, 0.15) is 41.8 Å². The summed E-state index contributed by atoms with van der Waals surface area (Å²) in [4.78, 5) is 12.4. The summed E-state index contributed by atoms with van der Waals surface area (Å²) in [5, 5.41) is 0. The summed E-state index contributed by atoms with van der Waals surface area (Å²) in [5.41, 5.74) is 5.31. The van der Waals surface area contributed by atoms with Crippen molar-refractivity contribution in [1.29, 1.82) is 0 Å². The molecule has 138 valence electrons. The predicted molar refractivity (Wildman–Crippen MR) is 111 cm³/mol. The average molecular weight is 358 g/mol. The van der Waals surface area contributed by atoms with E-state index in [1.807, 2.05) is 48.5 Å². The molecule has 0 N–H and O–H groups in total. The molecular formula is C25H26O2. The summed E-state index contributed by atoms with van der Waals surface area (Å²) in [6, 6.07) is 23.7. The third kappa shape index (κ3) is 5.07. The van der Waals surface area contributed by atoms with E-state index in [0.717, 1.165) is 24.0 Å². The van der Waals surface area contributed by atoms with Crippen molar-refractivity contribution < 1.29 is 9.53 Å². The molecule has 0 amide bonds. The standard InChI is InChI=1S/C25H26O2/c1-4-18(2)17-20-7-11-23(12-8-20)25(26)27-24-15-13-22(14-16-24)21-9-5-19(3)6-10-21/h5-16,18H,4,17H2,1-3H3/t18-/m1/s1. The molecule has 0 heterocycles. The minimum absolute atomic E-state index is 0.326. The first-order valence-corrected chi connectivity index (χ1v) is 9.53. The molecule has 0 aromatic heterocycles. The van der Waals surface area contributed by atoms with Gasteiger partial charge < -0.3 is 4.74 Å². The Kier molecular flexibility index (Phi) is 6.08. The van der Waals surface area contributed by atoms with Crippen molar-refractivity contribution in [1.82, 2.24) is 0 Å². The van der Waals surface area contributed by atoms with Gasteiger partial charge in [-0.3, -0.25) is 0 Å². The van der Waals surface area contributed by atoms with Crippen LogP contribution in [0.5, 0.6) is 5.75 Å². The molecule has 3 aromatic rings. The number of benzene rings is 3. The monoisotopic (exact) mass is 358 g/mol. The van der Waals surface area contributed by atoms with Gasteiger partial charge in [0.25, 0.3) is 0 Å². The average Bonchev–Trinajstić information content (AvgIpc) is 2.69. The first-order chi connectivity index (χ1) is 13.0. The van der Waals surface area contributed by atoms with Gasteiger partial charge >= 0.3 is 5.97 Å². The summed E-state index contributed by atoms with van der Waals surface area (Å²) < 4.78 is 5.51. The quantitative estimate of drug-likeness (QED) is 0.373. The van der Waals surface area contributed by atoms with Crippen LogP contribution in [0.4, 0.5) is 0 Å². The molecule has 3 rings (SSSR count). The first kappa shape index (κ1) is 18.9. The van der Waals surface area contributed by atoms with Gasteiger partial charge in [-0.25, -0.2) is 4.79 Å². The molecule has 0 saturated carbocycles. The molecule has 0 bridgehead atoms. The Bertz CT molecular complexity index is 875. The van der Waals surface area contributed by atoms with Crippen LogP contribution in [0.25, 0.3) is 11.1 Å². The van der Waals surface area contributed by atoms with Gasteiger partial charge in [0.05, 0.1) is 5.56 Å². The Morgan fingerprint density at radius 3 is 1.96 bits per heavy atom. The molecule has 1 atom stereocenters. The van der Waals surface area contributed by atoms with Crippen LogP contribution in [-0.4, -0.2) is 5.97 Å². The molecule has 2 heteroatoms. The van der Waals surface area contributed by atoms with Gasteiger partial charge in [-0.15, -0.1) is 0 Å². The van der Waals surface area contributed by atoms with Crippen molar-refractivity contribution in [2.75, 3.05) is 0 Å². The zero-order chi connectivity index (χ0) is 19.2. The normalized spacial score (nSPS) is 11.8. The van der Waals surface area contributed by atoms with E-state index in [1.165, 1.54) is 11.1 Å². The van der Waals surface area contributed by atoms with Crippen LogP contribution in [0.15, 0.2) is 72.8 Å². The highest BCUT2D eigenvalue weighted by Crippen LogP contribution is 2.23. The van der Waals surface area contributed by atoms with E-state index in [0.29, 0.717) is 17.2 Å². The van der Waals surface area contributed by atoms with E-state index < -0.39 is 0 Å². The lowest BCUT2D eigenvalue weighted by Crippen LogP contribution is -2.08. The third-order valence-corrected chi connectivity index (χ3v) is 4.92. The molecule has 27 heavy (non-hydrogen) atoms. The van der Waals surface area contributed by atoms with Crippen LogP contribution in [0.3, 0.4) is 0 Å². The van der Waals surface area contributed by atoms with Crippen LogP contribution < -0.4 is 4.74 Å². The summed E-state index contributed by atoms with van der Waals surface area (Å²) in [6.07, 6.45) is 2.19. The molecule has 0 unspecified atom stereocenters. The Morgan fingerprint density at radius 2 is 1.41 bits per heavy atom. The highest BCUT2D eigenvalue weighted by molar-refractivity contribution is 5.91. The highest BCUT2D eigenvalue weighted by Gasteiger charge is 2.09. The van der Waals surface area contributed by atoms with Gasteiger partial charge in [-0.2, -0.15) is 0 Å². The lowest BCUT2D eigenvalue weighted by Gasteiger charge is -2.09. The second-order valence-electron chi connectivity index (χ2n) is 7.19. The van der Waals surface area contributed by atoms with Gasteiger partial charge in [0.15, 0.2) is 0 Å².